The monoisotopic (exact) mass is 249 g/mol. The molecular weight excluding hydrogens is 230 g/mol. The number of aryl methyl sites for hydroxylation is 2. The quantitative estimate of drug-likeness (QED) is 0.243. The normalized spacial score (nSPS) is 11.3. The van der Waals surface area contributed by atoms with E-state index in [0.717, 1.165) is 11.1 Å². The third kappa shape index (κ3) is 4.08. The number of nitrogens with zero attached hydrogens (tertiary/aromatic N) is 1. The van der Waals surface area contributed by atoms with Gasteiger partial charge >= 0.3 is 0 Å². The van der Waals surface area contributed by atoms with Gasteiger partial charge in [0, 0.05) is 18.5 Å². The summed E-state index contributed by atoms with van der Waals surface area (Å²) in [6, 6.07) is 5.78. The molecule has 1 amide bonds. The number of oxime groups is 1. The number of amides is 1. The molecular formula is C13H19N3O2. The SMILES string of the molecule is Cc1ccc(C)c(C(=O)NCCCC(N)=NO)c1. The third-order valence-electron chi connectivity index (χ3n) is 2.66. The molecule has 1 aromatic carbocycles. The number of hydrogen-bond donors (Lipinski definition) is 3. The van der Waals surface area contributed by atoms with Crippen LogP contribution in [0.3, 0.4) is 0 Å². The van der Waals surface area contributed by atoms with Crippen molar-refractivity contribution in [1.29, 1.82) is 0 Å². The molecule has 0 saturated carbocycles. The zero-order valence-electron chi connectivity index (χ0n) is 10.7. The first-order valence-electron chi connectivity index (χ1n) is 5.86. The molecule has 4 N–H and O–H groups in total. The summed E-state index contributed by atoms with van der Waals surface area (Å²) in [7, 11) is 0. The van der Waals surface area contributed by atoms with Crippen molar-refractivity contribution < 1.29 is 10.0 Å². The second kappa shape index (κ2) is 6.64. The molecule has 0 fully saturated rings. The van der Waals surface area contributed by atoms with Gasteiger partial charge in [-0.25, -0.2) is 0 Å². The molecule has 0 radical (unpaired) electrons. The summed E-state index contributed by atoms with van der Waals surface area (Å²) in [6.07, 6.45) is 1.11. The fraction of sp³-hybridized carbons (Fsp3) is 0.385. The van der Waals surface area contributed by atoms with Crippen molar-refractivity contribution in [3.63, 3.8) is 0 Å². The van der Waals surface area contributed by atoms with Crippen LogP contribution >= 0.6 is 0 Å². The number of carbonyl (C=O) groups is 1. The number of carbonyl (C=O) groups excluding carboxylic acids is 1. The molecule has 0 aliphatic heterocycles. The molecule has 0 aliphatic rings. The highest BCUT2D eigenvalue weighted by Crippen LogP contribution is 2.10. The number of nitrogens with two attached hydrogens (primary N) is 1. The predicted molar refractivity (Wildman–Crippen MR) is 70.9 cm³/mol. The van der Waals surface area contributed by atoms with Crippen molar-refractivity contribution in [1.82, 2.24) is 5.32 Å². The Morgan fingerprint density at radius 3 is 2.83 bits per heavy atom. The first kappa shape index (κ1) is 14.0. The Kier molecular flexibility index (Phi) is 5.17. The van der Waals surface area contributed by atoms with E-state index >= 15 is 0 Å². The van der Waals surface area contributed by atoms with Gasteiger partial charge in [0.1, 0.15) is 5.84 Å². The van der Waals surface area contributed by atoms with E-state index in [-0.39, 0.29) is 11.7 Å². The van der Waals surface area contributed by atoms with Gasteiger partial charge in [0.2, 0.25) is 0 Å². The molecule has 0 spiro atoms. The summed E-state index contributed by atoms with van der Waals surface area (Å²) in [5, 5.41) is 14.0. The molecule has 0 unspecified atom stereocenters. The van der Waals surface area contributed by atoms with Crippen LogP contribution in [0, 0.1) is 13.8 Å². The van der Waals surface area contributed by atoms with Gasteiger partial charge in [0.15, 0.2) is 0 Å². The van der Waals surface area contributed by atoms with Crippen LogP contribution in [0.5, 0.6) is 0 Å². The number of amidine groups is 1. The Morgan fingerprint density at radius 2 is 2.17 bits per heavy atom. The van der Waals surface area contributed by atoms with E-state index in [9.17, 15) is 4.79 Å². The van der Waals surface area contributed by atoms with Crippen molar-refractivity contribution in [2.45, 2.75) is 26.7 Å². The summed E-state index contributed by atoms with van der Waals surface area (Å²) < 4.78 is 0. The van der Waals surface area contributed by atoms with E-state index in [1.807, 2.05) is 32.0 Å². The van der Waals surface area contributed by atoms with Gasteiger partial charge in [0.05, 0.1) is 0 Å². The zero-order valence-corrected chi connectivity index (χ0v) is 10.7. The lowest BCUT2D eigenvalue weighted by Crippen LogP contribution is -2.26. The maximum atomic E-state index is 11.9. The maximum Gasteiger partial charge on any atom is 0.251 e. The van der Waals surface area contributed by atoms with Crippen molar-refractivity contribution in [2.75, 3.05) is 6.54 Å². The van der Waals surface area contributed by atoms with E-state index in [1.165, 1.54) is 0 Å². The maximum absolute atomic E-state index is 11.9. The highest BCUT2D eigenvalue weighted by Gasteiger charge is 2.08. The second-order valence-corrected chi connectivity index (χ2v) is 4.27. The topological polar surface area (TPSA) is 87.7 Å². The van der Waals surface area contributed by atoms with Gasteiger partial charge in [-0.1, -0.05) is 22.9 Å². The molecule has 0 saturated heterocycles. The summed E-state index contributed by atoms with van der Waals surface area (Å²) in [5.41, 5.74) is 8.04. The molecule has 5 heteroatoms. The van der Waals surface area contributed by atoms with Gasteiger partial charge in [0.25, 0.3) is 5.91 Å². The summed E-state index contributed by atoms with van der Waals surface area (Å²) in [6.45, 7) is 4.36. The van der Waals surface area contributed by atoms with Crippen LogP contribution in [0.4, 0.5) is 0 Å². The molecule has 18 heavy (non-hydrogen) atoms. The van der Waals surface area contributed by atoms with Gasteiger partial charge in [-0.05, 0) is 31.9 Å². The average molecular weight is 249 g/mol. The lowest BCUT2D eigenvalue weighted by atomic mass is 10.1. The average Bonchev–Trinajstić information content (AvgIpc) is 2.36. The largest absolute Gasteiger partial charge is 0.409 e. The number of rotatable bonds is 5. The molecule has 1 rings (SSSR count). The standard InChI is InChI=1S/C13H19N3O2/c1-9-5-6-10(2)11(8-9)13(17)15-7-3-4-12(14)16-18/h5-6,8,18H,3-4,7H2,1-2H3,(H2,14,16)(H,15,17). The van der Waals surface area contributed by atoms with Gasteiger partial charge < -0.3 is 16.3 Å². The lowest BCUT2D eigenvalue weighted by molar-refractivity contribution is 0.0952. The molecule has 1 aromatic rings. The summed E-state index contributed by atoms with van der Waals surface area (Å²) in [4.78, 5) is 11.9. The van der Waals surface area contributed by atoms with Crippen LogP contribution < -0.4 is 11.1 Å². The minimum absolute atomic E-state index is 0.0873. The van der Waals surface area contributed by atoms with Crippen LogP contribution in [-0.4, -0.2) is 23.5 Å². The first-order chi connectivity index (χ1) is 8.54. The van der Waals surface area contributed by atoms with Crippen LogP contribution in [0.25, 0.3) is 0 Å². The highest BCUT2D eigenvalue weighted by atomic mass is 16.4. The number of benzene rings is 1. The van der Waals surface area contributed by atoms with Crippen molar-refractivity contribution >= 4 is 11.7 Å². The van der Waals surface area contributed by atoms with Crippen LogP contribution in [0.15, 0.2) is 23.4 Å². The van der Waals surface area contributed by atoms with Crippen molar-refractivity contribution in [2.24, 2.45) is 10.9 Å². The van der Waals surface area contributed by atoms with Gasteiger partial charge in [-0.15, -0.1) is 0 Å². The molecule has 0 bridgehead atoms. The Morgan fingerprint density at radius 1 is 1.44 bits per heavy atom. The lowest BCUT2D eigenvalue weighted by Gasteiger charge is -2.08. The van der Waals surface area contributed by atoms with Gasteiger partial charge in [-0.3, -0.25) is 4.79 Å². The Balaban J connectivity index is 2.48. The molecule has 0 heterocycles. The van der Waals surface area contributed by atoms with Crippen LogP contribution in [0.2, 0.25) is 0 Å². The summed E-state index contributed by atoms with van der Waals surface area (Å²) in [5.74, 6) is 0.0895. The molecule has 0 atom stereocenters. The Hall–Kier alpha value is -2.04. The van der Waals surface area contributed by atoms with E-state index in [2.05, 4.69) is 10.5 Å². The molecule has 0 aliphatic carbocycles. The number of nitrogens with one attached hydrogen (secondary N) is 1. The predicted octanol–water partition coefficient (Wildman–Crippen LogP) is 1.56. The smallest absolute Gasteiger partial charge is 0.251 e. The highest BCUT2D eigenvalue weighted by molar-refractivity contribution is 5.95. The van der Waals surface area contributed by atoms with E-state index in [0.29, 0.717) is 24.9 Å². The molecule has 5 nitrogen and oxygen atoms in total. The van der Waals surface area contributed by atoms with Crippen molar-refractivity contribution in [3.05, 3.63) is 34.9 Å². The summed E-state index contributed by atoms with van der Waals surface area (Å²) >= 11 is 0. The first-order valence-corrected chi connectivity index (χ1v) is 5.86. The number of hydrogen-bond acceptors (Lipinski definition) is 3. The molecule has 0 aromatic heterocycles. The van der Waals surface area contributed by atoms with E-state index < -0.39 is 0 Å². The minimum atomic E-state index is -0.0873. The van der Waals surface area contributed by atoms with E-state index in [4.69, 9.17) is 10.9 Å². The second-order valence-electron chi connectivity index (χ2n) is 4.27. The minimum Gasteiger partial charge on any atom is -0.409 e. The third-order valence-corrected chi connectivity index (χ3v) is 2.66. The molecule has 98 valence electrons. The fourth-order valence-electron chi connectivity index (χ4n) is 1.60. The van der Waals surface area contributed by atoms with Crippen LogP contribution in [-0.2, 0) is 0 Å². The van der Waals surface area contributed by atoms with Crippen molar-refractivity contribution in [3.8, 4) is 0 Å². The Bertz CT molecular complexity index is 456. The van der Waals surface area contributed by atoms with Gasteiger partial charge in [-0.2, -0.15) is 0 Å². The van der Waals surface area contributed by atoms with E-state index in [1.54, 1.807) is 0 Å². The Labute approximate surface area is 107 Å². The zero-order chi connectivity index (χ0) is 13.5. The van der Waals surface area contributed by atoms with Crippen LogP contribution in [0.1, 0.15) is 34.3 Å². The fourth-order valence-corrected chi connectivity index (χ4v) is 1.60.